The van der Waals surface area contributed by atoms with Crippen molar-refractivity contribution in [2.45, 2.75) is 37.6 Å². The summed E-state index contributed by atoms with van der Waals surface area (Å²) < 4.78 is 0. The molecule has 2 N–H and O–H groups in total. The first-order valence-corrected chi connectivity index (χ1v) is 13.8. The lowest BCUT2D eigenvalue weighted by Gasteiger charge is -2.30. The predicted molar refractivity (Wildman–Crippen MR) is 157 cm³/mol. The van der Waals surface area contributed by atoms with Gasteiger partial charge in [-0.15, -0.1) is 11.6 Å². The molecule has 2 atom stereocenters. The van der Waals surface area contributed by atoms with E-state index >= 15 is 0 Å². The number of amides is 1. The van der Waals surface area contributed by atoms with Crippen LogP contribution in [0.3, 0.4) is 0 Å². The average Bonchev–Trinajstić information content (AvgIpc) is 3.36. The van der Waals surface area contributed by atoms with Crippen molar-refractivity contribution in [3.8, 4) is 11.1 Å². The Balaban J connectivity index is 1.20. The highest BCUT2D eigenvalue weighted by atomic mass is 35.5. The summed E-state index contributed by atoms with van der Waals surface area (Å²) in [6, 6.07) is 22.4. The smallest absolute Gasteiger partial charge is 0.256 e. The predicted octanol–water partition coefficient (Wildman–Crippen LogP) is 6.83. The van der Waals surface area contributed by atoms with Crippen molar-refractivity contribution in [2.75, 3.05) is 11.9 Å². The van der Waals surface area contributed by atoms with Crippen molar-refractivity contribution in [3.05, 3.63) is 125 Å². The Hall–Kier alpha value is -4.09. The maximum atomic E-state index is 13.6. The van der Waals surface area contributed by atoms with E-state index in [9.17, 15) is 9.59 Å². The van der Waals surface area contributed by atoms with E-state index in [1.807, 2.05) is 61.5 Å². The summed E-state index contributed by atoms with van der Waals surface area (Å²) in [5, 5.41) is 6.62. The molecule has 0 bridgehead atoms. The topological polar surface area (TPSA) is 61.4 Å². The maximum absolute atomic E-state index is 13.6. The molecule has 5 nitrogen and oxygen atoms in total. The van der Waals surface area contributed by atoms with Gasteiger partial charge in [0.2, 0.25) is 0 Å². The molecule has 0 radical (unpaired) electrons. The Morgan fingerprint density at radius 1 is 1.00 bits per heavy atom. The zero-order chi connectivity index (χ0) is 26.9. The second-order valence-electron chi connectivity index (χ2n) is 10.3. The van der Waals surface area contributed by atoms with Gasteiger partial charge in [-0.25, -0.2) is 0 Å². The normalized spacial score (nSPS) is 19.9. The summed E-state index contributed by atoms with van der Waals surface area (Å²) in [4.78, 5) is 29.1. The number of allylic oxidation sites excluding steroid dienone is 3. The molecule has 0 aromatic heterocycles. The van der Waals surface area contributed by atoms with Crippen LogP contribution in [0.1, 0.15) is 45.5 Å². The number of alkyl halides is 1. The highest BCUT2D eigenvalue weighted by molar-refractivity contribution is 6.20. The first kappa shape index (κ1) is 25.2. The number of aryl methyl sites for hydroxylation is 1. The van der Waals surface area contributed by atoms with Crippen LogP contribution in [0, 0.1) is 6.92 Å². The number of nitrogens with one attached hydrogen (secondary N) is 2. The van der Waals surface area contributed by atoms with Gasteiger partial charge >= 0.3 is 0 Å². The zero-order valence-corrected chi connectivity index (χ0v) is 22.5. The van der Waals surface area contributed by atoms with Crippen molar-refractivity contribution in [1.29, 1.82) is 0 Å². The van der Waals surface area contributed by atoms with Crippen LogP contribution in [0.25, 0.3) is 11.1 Å². The summed E-state index contributed by atoms with van der Waals surface area (Å²) in [6.07, 6.45) is 8.72. The molecule has 0 saturated heterocycles. The third-order valence-corrected chi connectivity index (χ3v) is 7.97. The summed E-state index contributed by atoms with van der Waals surface area (Å²) in [7, 11) is 0. The number of hydrogen-bond donors (Lipinski definition) is 2. The molecule has 2 unspecified atom stereocenters. The monoisotopic (exact) mass is 535 g/mol. The average molecular weight is 536 g/mol. The number of nitrogens with zero attached hydrogens (tertiary/aromatic N) is 1. The number of halogens is 1. The van der Waals surface area contributed by atoms with Crippen LogP contribution in [0.2, 0.25) is 0 Å². The van der Waals surface area contributed by atoms with Gasteiger partial charge in [0.1, 0.15) is 6.04 Å². The van der Waals surface area contributed by atoms with Crippen molar-refractivity contribution in [2.24, 2.45) is 0 Å². The van der Waals surface area contributed by atoms with Crippen molar-refractivity contribution in [1.82, 2.24) is 10.2 Å². The molecule has 6 heteroatoms. The largest absolute Gasteiger partial charge is 0.374 e. The molecule has 3 aromatic rings. The molecular formula is C33H30ClN3O2. The van der Waals surface area contributed by atoms with Gasteiger partial charge in [-0.3, -0.25) is 9.59 Å². The maximum Gasteiger partial charge on any atom is 0.256 e. The Morgan fingerprint density at radius 2 is 1.77 bits per heavy atom. The number of carbonyl (C=O) groups excluding carboxylic acids is 2. The van der Waals surface area contributed by atoms with E-state index in [0.29, 0.717) is 16.8 Å². The van der Waals surface area contributed by atoms with E-state index < -0.39 is 6.04 Å². The molecule has 3 aliphatic rings. The molecule has 39 heavy (non-hydrogen) atoms. The quantitative estimate of drug-likeness (QED) is 0.278. The Labute approximate surface area is 233 Å². The van der Waals surface area contributed by atoms with Crippen LogP contribution in [0.4, 0.5) is 5.69 Å². The van der Waals surface area contributed by atoms with Gasteiger partial charge in [0, 0.05) is 52.2 Å². The van der Waals surface area contributed by atoms with E-state index in [2.05, 4.69) is 27.7 Å². The first-order valence-electron chi connectivity index (χ1n) is 13.4. The molecule has 6 rings (SSSR count). The Bertz CT molecular complexity index is 1520. The number of Topliss-reactive ketones (excluding diaryl/α,β-unsaturated/α-hetero) is 1. The van der Waals surface area contributed by atoms with Crippen LogP contribution >= 0.6 is 11.6 Å². The lowest BCUT2D eigenvalue weighted by atomic mass is 9.98. The second kappa shape index (κ2) is 10.6. The summed E-state index contributed by atoms with van der Waals surface area (Å²) in [5.41, 5.74) is 8.19. The van der Waals surface area contributed by atoms with Crippen LogP contribution in [0.5, 0.6) is 0 Å². The van der Waals surface area contributed by atoms with Gasteiger partial charge in [0.25, 0.3) is 5.91 Å². The zero-order valence-electron chi connectivity index (χ0n) is 21.8. The molecule has 0 spiro atoms. The fourth-order valence-electron chi connectivity index (χ4n) is 5.50. The van der Waals surface area contributed by atoms with Crippen LogP contribution in [-0.4, -0.2) is 34.6 Å². The van der Waals surface area contributed by atoms with Gasteiger partial charge in [0.05, 0.1) is 0 Å². The van der Waals surface area contributed by atoms with Crippen molar-refractivity contribution in [3.63, 3.8) is 0 Å². The van der Waals surface area contributed by atoms with Crippen LogP contribution in [0.15, 0.2) is 108 Å². The van der Waals surface area contributed by atoms with E-state index in [-0.39, 0.29) is 17.1 Å². The number of benzene rings is 3. The molecule has 1 aliphatic carbocycles. The van der Waals surface area contributed by atoms with Crippen LogP contribution < -0.4 is 10.6 Å². The first-order chi connectivity index (χ1) is 19.0. The molecule has 196 valence electrons. The summed E-state index contributed by atoms with van der Waals surface area (Å²) in [6.45, 7) is 2.85. The number of anilines is 1. The molecule has 2 heterocycles. The van der Waals surface area contributed by atoms with Gasteiger partial charge in [-0.1, -0.05) is 54.1 Å². The number of fused-ring (bicyclic) bond motifs is 2. The van der Waals surface area contributed by atoms with E-state index in [0.717, 1.165) is 48.3 Å². The Kier molecular flexibility index (Phi) is 6.84. The molecule has 0 fully saturated rings. The van der Waals surface area contributed by atoms with Crippen LogP contribution in [-0.2, 0) is 0 Å². The second-order valence-corrected chi connectivity index (χ2v) is 10.9. The number of rotatable bonds is 5. The minimum Gasteiger partial charge on any atom is -0.374 e. The fourth-order valence-corrected chi connectivity index (χ4v) is 5.75. The van der Waals surface area contributed by atoms with E-state index in [4.69, 9.17) is 11.6 Å². The fraction of sp³-hybridized carbons (Fsp3) is 0.212. The highest BCUT2D eigenvalue weighted by Crippen LogP contribution is 2.36. The number of carbonyl (C=O) groups is 2. The highest BCUT2D eigenvalue weighted by Gasteiger charge is 2.32. The molecule has 1 amide bonds. The van der Waals surface area contributed by atoms with Gasteiger partial charge in [0.15, 0.2) is 5.78 Å². The Morgan fingerprint density at radius 3 is 2.56 bits per heavy atom. The number of ketones is 1. The lowest BCUT2D eigenvalue weighted by molar-refractivity contribution is 0.0966. The van der Waals surface area contributed by atoms with Crippen molar-refractivity contribution < 1.29 is 9.59 Å². The summed E-state index contributed by atoms with van der Waals surface area (Å²) >= 11 is 6.48. The minimum atomic E-state index is -0.466. The molecule has 3 aromatic carbocycles. The SMILES string of the molecule is Cc1ccc(-c2ccccc2C(=O)Nc2ccc(C(=O)C3C=C4C=CCN4C4=C(CCC(Cl)C4)N3)cc2)cc1. The third-order valence-electron chi connectivity index (χ3n) is 7.60. The number of hydrogen-bond acceptors (Lipinski definition) is 4. The lowest BCUT2D eigenvalue weighted by Crippen LogP contribution is -2.36. The minimum absolute atomic E-state index is 0.00732. The van der Waals surface area contributed by atoms with Crippen molar-refractivity contribution >= 4 is 29.0 Å². The van der Waals surface area contributed by atoms with Gasteiger partial charge < -0.3 is 15.5 Å². The standard InChI is InChI=1S/C33H30ClN3O2/c1-21-8-10-22(11-9-21)27-6-2-3-7-28(27)33(39)35-25-15-12-23(13-16-25)32(38)30-20-26-5-4-18-37(26)31-19-24(34)14-17-29(31)36-30/h2-13,15-16,20,24,30,36H,14,17-19H2,1H3,(H,35,39). The molecule has 2 aliphatic heterocycles. The van der Waals surface area contributed by atoms with Gasteiger partial charge in [-0.2, -0.15) is 0 Å². The molecular weight excluding hydrogens is 506 g/mol. The van der Waals surface area contributed by atoms with Gasteiger partial charge in [-0.05, 0) is 73.4 Å². The summed E-state index contributed by atoms with van der Waals surface area (Å²) in [5.74, 6) is -0.199. The molecule has 0 saturated carbocycles. The van der Waals surface area contributed by atoms with E-state index in [1.165, 1.54) is 11.3 Å². The van der Waals surface area contributed by atoms with E-state index in [1.54, 1.807) is 24.3 Å². The third kappa shape index (κ3) is 5.15.